The number of benzene rings is 1. The van der Waals surface area contributed by atoms with E-state index in [0.717, 1.165) is 29.0 Å². The maximum absolute atomic E-state index is 5.30. The molecule has 0 fully saturated rings. The molecule has 2 rings (SSSR count). The van der Waals surface area contributed by atoms with Crippen LogP contribution in [0.1, 0.15) is 18.3 Å². The van der Waals surface area contributed by atoms with Gasteiger partial charge in [-0.2, -0.15) is 0 Å². The first-order valence-electron chi connectivity index (χ1n) is 4.77. The molecule has 14 heavy (non-hydrogen) atoms. The Kier molecular flexibility index (Phi) is 2.15. The maximum Gasteiger partial charge on any atom is 0.124 e. The number of methoxy groups -OCH3 is 1. The van der Waals surface area contributed by atoms with Crippen molar-refractivity contribution >= 4 is 11.0 Å². The van der Waals surface area contributed by atoms with Crippen molar-refractivity contribution in [2.45, 2.75) is 20.3 Å². The molecule has 0 atom stereocenters. The van der Waals surface area contributed by atoms with E-state index in [4.69, 9.17) is 4.74 Å². The van der Waals surface area contributed by atoms with Crippen LogP contribution in [-0.2, 0) is 6.42 Å². The topological polar surface area (TPSA) is 37.9 Å². The monoisotopic (exact) mass is 190 g/mol. The first-order valence-corrected chi connectivity index (χ1v) is 4.77. The fourth-order valence-electron chi connectivity index (χ4n) is 1.68. The number of imidazole rings is 1. The van der Waals surface area contributed by atoms with Crippen molar-refractivity contribution in [3.8, 4) is 5.75 Å². The predicted molar refractivity (Wildman–Crippen MR) is 56.8 cm³/mol. The summed E-state index contributed by atoms with van der Waals surface area (Å²) in [6.45, 7) is 4.07. The fourth-order valence-corrected chi connectivity index (χ4v) is 1.68. The number of H-pyrrole nitrogens is 1. The van der Waals surface area contributed by atoms with Gasteiger partial charge >= 0.3 is 0 Å². The van der Waals surface area contributed by atoms with Gasteiger partial charge in [-0.15, -0.1) is 0 Å². The lowest BCUT2D eigenvalue weighted by atomic mass is 10.1. The lowest BCUT2D eigenvalue weighted by molar-refractivity contribution is 0.411. The molecule has 2 aromatic rings. The molecule has 0 aliphatic rings. The third-order valence-corrected chi connectivity index (χ3v) is 2.38. The molecule has 1 aromatic carbocycles. The van der Waals surface area contributed by atoms with Gasteiger partial charge in [0.1, 0.15) is 11.6 Å². The van der Waals surface area contributed by atoms with Gasteiger partial charge in [0.15, 0.2) is 0 Å². The van der Waals surface area contributed by atoms with Crippen LogP contribution in [-0.4, -0.2) is 17.1 Å². The summed E-state index contributed by atoms with van der Waals surface area (Å²) in [7, 11) is 1.69. The Morgan fingerprint density at radius 3 is 2.86 bits per heavy atom. The number of aromatic amines is 1. The largest absolute Gasteiger partial charge is 0.496 e. The number of fused-ring (bicyclic) bond motifs is 1. The van der Waals surface area contributed by atoms with Crippen molar-refractivity contribution in [2.24, 2.45) is 0 Å². The van der Waals surface area contributed by atoms with E-state index in [2.05, 4.69) is 23.0 Å². The predicted octanol–water partition coefficient (Wildman–Crippen LogP) is 2.44. The minimum atomic E-state index is 0.923. The van der Waals surface area contributed by atoms with Crippen molar-refractivity contribution < 1.29 is 4.74 Å². The molecular weight excluding hydrogens is 176 g/mol. The molecule has 0 amide bonds. The van der Waals surface area contributed by atoms with E-state index in [0.29, 0.717) is 0 Å². The minimum absolute atomic E-state index is 0.923. The van der Waals surface area contributed by atoms with E-state index in [-0.39, 0.29) is 0 Å². The van der Waals surface area contributed by atoms with E-state index >= 15 is 0 Å². The molecule has 0 saturated carbocycles. The lowest BCUT2D eigenvalue weighted by Crippen LogP contribution is -1.90. The van der Waals surface area contributed by atoms with Crippen molar-refractivity contribution in [1.29, 1.82) is 0 Å². The summed E-state index contributed by atoms with van der Waals surface area (Å²) in [6.07, 6.45) is 0.969. The highest BCUT2D eigenvalue weighted by Crippen LogP contribution is 2.24. The maximum atomic E-state index is 5.30. The van der Waals surface area contributed by atoms with Crippen LogP contribution in [0.4, 0.5) is 0 Å². The zero-order valence-electron chi connectivity index (χ0n) is 8.72. The molecule has 0 aliphatic carbocycles. The highest BCUT2D eigenvalue weighted by atomic mass is 16.5. The zero-order chi connectivity index (χ0) is 10.1. The molecule has 1 N–H and O–H groups in total. The summed E-state index contributed by atoms with van der Waals surface area (Å²) >= 11 is 0. The smallest absolute Gasteiger partial charge is 0.124 e. The van der Waals surface area contributed by atoms with Crippen LogP contribution in [0, 0.1) is 6.92 Å². The number of aromatic nitrogens is 2. The van der Waals surface area contributed by atoms with E-state index in [1.807, 2.05) is 13.0 Å². The van der Waals surface area contributed by atoms with E-state index in [1.165, 1.54) is 5.56 Å². The van der Waals surface area contributed by atoms with Gasteiger partial charge in [-0.25, -0.2) is 4.98 Å². The summed E-state index contributed by atoms with van der Waals surface area (Å²) in [5.74, 6) is 1.86. The minimum Gasteiger partial charge on any atom is -0.496 e. The molecule has 74 valence electrons. The number of hydrogen-bond acceptors (Lipinski definition) is 2. The molecule has 0 aliphatic heterocycles. The Bertz CT molecular complexity index is 419. The average Bonchev–Trinajstić information content (AvgIpc) is 2.54. The molecule has 1 aromatic heterocycles. The summed E-state index contributed by atoms with van der Waals surface area (Å²) in [5.41, 5.74) is 3.26. The summed E-state index contributed by atoms with van der Waals surface area (Å²) in [4.78, 5) is 7.58. The number of rotatable bonds is 2. The molecule has 0 radical (unpaired) electrons. The highest BCUT2D eigenvalue weighted by molar-refractivity contribution is 5.78. The summed E-state index contributed by atoms with van der Waals surface area (Å²) < 4.78 is 5.30. The second kappa shape index (κ2) is 3.33. The SMILES string of the molecule is CCc1cc2[nH]c(C)nc2cc1OC. The van der Waals surface area contributed by atoms with Crippen molar-refractivity contribution in [1.82, 2.24) is 9.97 Å². The Balaban J connectivity index is 2.68. The van der Waals surface area contributed by atoms with E-state index < -0.39 is 0 Å². The standard InChI is InChI=1S/C11H14N2O/c1-4-8-5-9-10(6-11(8)14-3)13-7(2)12-9/h5-6H,4H2,1-3H3,(H,12,13). The van der Waals surface area contributed by atoms with Crippen LogP contribution >= 0.6 is 0 Å². The van der Waals surface area contributed by atoms with Gasteiger partial charge in [-0.05, 0) is 25.0 Å². The zero-order valence-corrected chi connectivity index (χ0v) is 8.72. The molecule has 0 bridgehead atoms. The Hall–Kier alpha value is -1.51. The number of nitrogens with one attached hydrogen (secondary N) is 1. The number of aryl methyl sites for hydroxylation is 2. The van der Waals surface area contributed by atoms with Gasteiger partial charge in [0.05, 0.1) is 18.1 Å². The van der Waals surface area contributed by atoms with Crippen LogP contribution in [0.2, 0.25) is 0 Å². The Labute approximate surface area is 83.1 Å². The second-order valence-electron chi connectivity index (χ2n) is 3.36. The Morgan fingerprint density at radius 2 is 2.21 bits per heavy atom. The number of nitrogens with zero attached hydrogens (tertiary/aromatic N) is 1. The van der Waals surface area contributed by atoms with Gasteiger partial charge in [0.25, 0.3) is 0 Å². The molecule has 3 heteroatoms. The van der Waals surface area contributed by atoms with Gasteiger partial charge in [-0.1, -0.05) is 6.92 Å². The van der Waals surface area contributed by atoms with Gasteiger partial charge in [0.2, 0.25) is 0 Å². The normalized spacial score (nSPS) is 10.8. The van der Waals surface area contributed by atoms with Crippen LogP contribution in [0.5, 0.6) is 5.75 Å². The van der Waals surface area contributed by atoms with E-state index in [9.17, 15) is 0 Å². The summed E-state index contributed by atoms with van der Waals surface area (Å²) in [5, 5.41) is 0. The van der Waals surface area contributed by atoms with Crippen molar-refractivity contribution in [3.05, 3.63) is 23.5 Å². The lowest BCUT2D eigenvalue weighted by Gasteiger charge is -2.05. The van der Waals surface area contributed by atoms with Crippen molar-refractivity contribution in [3.63, 3.8) is 0 Å². The average molecular weight is 190 g/mol. The van der Waals surface area contributed by atoms with Crippen molar-refractivity contribution in [2.75, 3.05) is 7.11 Å². The quantitative estimate of drug-likeness (QED) is 0.789. The molecule has 0 unspecified atom stereocenters. The molecule has 3 nitrogen and oxygen atoms in total. The third-order valence-electron chi connectivity index (χ3n) is 2.38. The van der Waals surface area contributed by atoms with Crippen LogP contribution < -0.4 is 4.74 Å². The number of ether oxygens (including phenoxy) is 1. The summed E-state index contributed by atoms with van der Waals surface area (Å²) in [6, 6.07) is 4.09. The van der Waals surface area contributed by atoms with Crippen LogP contribution in [0.15, 0.2) is 12.1 Å². The van der Waals surface area contributed by atoms with E-state index in [1.54, 1.807) is 7.11 Å². The fraction of sp³-hybridized carbons (Fsp3) is 0.364. The molecule has 0 saturated heterocycles. The van der Waals surface area contributed by atoms with Gasteiger partial charge < -0.3 is 9.72 Å². The highest BCUT2D eigenvalue weighted by Gasteiger charge is 2.06. The second-order valence-corrected chi connectivity index (χ2v) is 3.36. The first kappa shape index (κ1) is 9.06. The van der Waals surface area contributed by atoms with Gasteiger partial charge in [0, 0.05) is 6.07 Å². The number of hydrogen-bond donors (Lipinski definition) is 1. The molecule has 1 heterocycles. The van der Waals surface area contributed by atoms with Crippen LogP contribution in [0.25, 0.3) is 11.0 Å². The third kappa shape index (κ3) is 1.35. The first-order chi connectivity index (χ1) is 6.74. The molecular formula is C11H14N2O. The van der Waals surface area contributed by atoms with Crippen LogP contribution in [0.3, 0.4) is 0 Å². The Morgan fingerprint density at radius 1 is 1.43 bits per heavy atom. The molecule has 0 spiro atoms. The van der Waals surface area contributed by atoms with Gasteiger partial charge in [-0.3, -0.25) is 0 Å².